The minimum absolute atomic E-state index is 0.260. The Morgan fingerprint density at radius 3 is 2.89 bits per heavy atom. The number of hydrogen-bond donors (Lipinski definition) is 1. The molecule has 2 aromatic rings. The molecule has 0 aliphatic carbocycles. The van der Waals surface area contributed by atoms with Crippen LogP contribution in [0.15, 0.2) is 30.6 Å². The number of aryl methyl sites for hydroxylation is 1. The number of benzene rings is 1. The molecule has 0 fully saturated rings. The van der Waals surface area contributed by atoms with E-state index >= 15 is 0 Å². The number of nitrogens with two attached hydrogens (primary N) is 1. The van der Waals surface area contributed by atoms with E-state index in [-0.39, 0.29) is 11.9 Å². The number of rotatable bonds is 5. The van der Waals surface area contributed by atoms with Gasteiger partial charge in [-0.3, -0.25) is 4.68 Å². The molecule has 0 saturated carbocycles. The van der Waals surface area contributed by atoms with Crippen LogP contribution in [0.2, 0.25) is 0 Å². The van der Waals surface area contributed by atoms with Crippen molar-refractivity contribution in [2.45, 2.75) is 19.4 Å². The lowest BCUT2D eigenvalue weighted by atomic mass is 10.1. The van der Waals surface area contributed by atoms with Gasteiger partial charge in [0.05, 0.1) is 12.8 Å². The molecule has 4 nitrogen and oxygen atoms in total. The summed E-state index contributed by atoms with van der Waals surface area (Å²) < 4.78 is 20.6. The highest BCUT2D eigenvalue weighted by Gasteiger charge is 2.09. The molecule has 0 spiro atoms. The van der Waals surface area contributed by atoms with Crippen molar-refractivity contribution in [1.82, 2.24) is 9.78 Å². The van der Waals surface area contributed by atoms with E-state index in [0.717, 1.165) is 12.0 Å². The summed E-state index contributed by atoms with van der Waals surface area (Å²) in [5.41, 5.74) is 7.60. The zero-order chi connectivity index (χ0) is 13.8. The Hall–Kier alpha value is -1.88. The Labute approximate surface area is 112 Å². The first-order valence-electron chi connectivity index (χ1n) is 6.21. The number of nitrogens with zero attached hydrogens (tertiary/aromatic N) is 2. The van der Waals surface area contributed by atoms with Crippen molar-refractivity contribution in [2.24, 2.45) is 12.8 Å². The highest BCUT2D eigenvalue weighted by atomic mass is 19.1. The van der Waals surface area contributed by atoms with Crippen LogP contribution in [0.1, 0.15) is 24.1 Å². The summed E-state index contributed by atoms with van der Waals surface area (Å²) in [5, 5.41) is 4.09. The van der Waals surface area contributed by atoms with E-state index < -0.39 is 0 Å². The number of aromatic nitrogens is 2. The average molecular weight is 263 g/mol. The van der Waals surface area contributed by atoms with Gasteiger partial charge in [-0.25, -0.2) is 4.39 Å². The molecule has 1 heterocycles. The van der Waals surface area contributed by atoms with Gasteiger partial charge in [0, 0.05) is 31.3 Å². The normalized spacial score (nSPS) is 12.4. The van der Waals surface area contributed by atoms with Crippen molar-refractivity contribution in [3.05, 3.63) is 47.5 Å². The fourth-order valence-electron chi connectivity index (χ4n) is 1.89. The fraction of sp³-hybridized carbons (Fsp3) is 0.357. The molecule has 0 aliphatic heterocycles. The maximum atomic E-state index is 13.2. The highest BCUT2D eigenvalue weighted by molar-refractivity contribution is 5.36. The van der Waals surface area contributed by atoms with Crippen molar-refractivity contribution in [1.29, 1.82) is 0 Å². The standard InChI is InChI=1S/C14H18FN3O/c1-10(16)13-7-12(15)3-4-14(13)19-6-5-11-8-17-18(2)9-11/h3-4,7-10H,5-6,16H2,1-2H3. The second-order valence-corrected chi connectivity index (χ2v) is 4.59. The molecular formula is C14H18FN3O. The van der Waals surface area contributed by atoms with Crippen molar-refractivity contribution in [3.8, 4) is 5.75 Å². The molecule has 1 atom stereocenters. The molecule has 2 rings (SSSR count). The maximum Gasteiger partial charge on any atom is 0.124 e. The summed E-state index contributed by atoms with van der Waals surface area (Å²) in [7, 11) is 1.87. The van der Waals surface area contributed by atoms with Crippen LogP contribution in [-0.4, -0.2) is 16.4 Å². The van der Waals surface area contributed by atoms with Crippen molar-refractivity contribution in [3.63, 3.8) is 0 Å². The third-order valence-corrected chi connectivity index (χ3v) is 2.87. The Bertz CT molecular complexity index is 551. The van der Waals surface area contributed by atoms with E-state index in [1.807, 2.05) is 20.2 Å². The Balaban J connectivity index is 1.99. The van der Waals surface area contributed by atoms with E-state index in [9.17, 15) is 4.39 Å². The fourth-order valence-corrected chi connectivity index (χ4v) is 1.89. The largest absolute Gasteiger partial charge is 0.493 e. The summed E-state index contributed by atoms with van der Waals surface area (Å²) >= 11 is 0. The number of ether oxygens (including phenoxy) is 1. The molecule has 0 saturated heterocycles. The topological polar surface area (TPSA) is 53.1 Å². The zero-order valence-corrected chi connectivity index (χ0v) is 11.1. The van der Waals surface area contributed by atoms with Gasteiger partial charge in [0.15, 0.2) is 0 Å². The van der Waals surface area contributed by atoms with Crippen molar-refractivity contribution in [2.75, 3.05) is 6.61 Å². The van der Waals surface area contributed by atoms with E-state index in [0.29, 0.717) is 17.9 Å². The predicted octanol–water partition coefficient (Wildman–Crippen LogP) is 2.20. The van der Waals surface area contributed by atoms with Gasteiger partial charge >= 0.3 is 0 Å². The van der Waals surface area contributed by atoms with Gasteiger partial charge < -0.3 is 10.5 Å². The first-order chi connectivity index (χ1) is 9.06. The molecule has 102 valence electrons. The molecule has 5 heteroatoms. The molecule has 1 aromatic carbocycles. The van der Waals surface area contributed by atoms with Gasteiger partial charge in [-0.15, -0.1) is 0 Å². The van der Waals surface area contributed by atoms with Crippen LogP contribution in [-0.2, 0) is 13.5 Å². The summed E-state index contributed by atoms with van der Waals surface area (Å²) in [6.45, 7) is 2.32. The van der Waals surface area contributed by atoms with Gasteiger partial charge in [0.25, 0.3) is 0 Å². The molecule has 0 amide bonds. The first kappa shape index (κ1) is 13.5. The third-order valence-electron chi connectivity index (χ3n) is 2.87. The van der Waals surface area contributed by atoms with E-state index in [1.165, 1.54) is 12.1 Å². The van der Waals surface area contributed by atoms with Crippen LogP contribution >= 0.6 is 0 Å². The predicted molar refractivity (Wildman–Crippen MR) is 71.4 cm³/mol. The molecule has 0 bridgehead atoms. The van der Waals surface area contributed by atoms with Gasteiger partial charge in [0.1, 0.15) is 11.6 Å². The van der Waals surface area contributed by atoms with Crippen LogP contribution in [0, 0.1) is 5.82 Å². The quantitative estimate of drug-likeness (QED) is 0.899. The molecule has 19 heavy (non-hydrogen) atoms. The van der Waals surface area contributed by atoms with Crippen molar-refractivity contribution < 1.29 is 9.13 Å². The molecule has 1 aromatic heterocycles. The Morgan fingerprint density at radius 1 is 1.47 bits per heavy atom. The maximum absolute atomic E-state index is 13.2. The minimum Gasteiger partial charge on any atom is -0.493 e. The summed E-state index contributed by atoms with van der Waals surface area (Å²) in [5.74, 6) is 0.340. The van der Waals surface area contributed by atoms with Crippen LogP contribution in [0.3, 0.4) is 0 Å². The van der Waals surface area contributed by atoms with Gasteiger partial charge in [-0.05, 0) is 30.7 Å². The molecular weight excluding hydrogens is 245 g/mol. The number of halogens is 1. The summed E-state index contributed by atoms with van der Waals surface area (Å²) in [4.78, 5) is 0. The highest BCUT2D eigenvalue weighted by Crippen LogP contribution is 2.24. The Kier molecular flexibility index (Phi) is 4.16. The van der Waals surface area contributed by atoms with E-state index in [2.05, 4.69) is 5.10 Å². The van der Waals surface area contributed by atoms with Crippen LogP contribution in [0.4, 0.5) is 4.39 Å². The lowest BCUT2D eigenvalue weighted by Crippen LogP contribution is -2.10. The van der Waals surface area contributed by atoms with Gasteiger partial charge in [-0.2, -0.15) is 5.10 Å². The van der Waals surface area contributed by atoms with Crippen LogP contribution in [0.5, 0.6) is 5.75 Å². The monoisotopic (exact) mass is 263 g/mol. The smallest absolute Gasteiger partial charge is 0.124 e. The lowest BCUT2D eigenvalue weighted by molar-refractivity contribution is 0.316. The summed E-state index contributed by atoms with van der Waals surface area (Å²) in [6.07, 6.45) is 4.50. The first-order valence-corrected chi connectivity index (χ1v) is 6.21. The second-order valence-electron chi connectivity index (χ2n) is 4.59. The molecule has 0 aliphatic rings. The zero-order valence-electron chi connectivity index (χ0n) is 11.1. The van der Waals surface area contributed by atoms with Gasteiger partial charge in [-0.1, -0.05) is 0 Å². The molecule has 2 N–H and O–H groups in total. The lowest BCUT2D eigenvalue weighted by Gasteiger charge is -2.13. The van der Waals surface area contributed by atoms with Crippen LogP contribution in [0.25, 0.3) is 0 Å². The Morgan fingerprint density at radius 2 is 2.26 bits per heavy atom. The third kappa shape index (κ3) is 3.54. The van der Waals surface area contributed by atoms with E-state index in [4.69, 9.17) is 10.5 Å². The minimum atomic E-state index is -0.299. The van der Waals surface area contributed by atoms with E-state index in [1.54, 1.807) is 16.9 Å². The summed E-state index contributed by atoms with van der Waals surface area (Å²) in [6, 6.07) is 4.16. The van der Waals surface area contributed by atoms with Gasteiger partial charge in [0.2, 0.25) is 0 Å². The average Bonchev–Trinajstić information content (AvgIpc) is 2.77. The molecule has 1 unspecified atom stereocenters. The number of hydrogen-bond acceptors (Lipinski definition) is 3. The SMILES string of the molecule is CC(N)c1cc(F)ccc1OCCc1cnn(C)c1. The second kappa shape index (κ2) is 5.84. The van der Waals surface area contributed by atoms with Crippen LogP contribution < -0.4 is 10.5 Å². The van der Waals surface area contributed by atoms with Crippen molar-refractivity contribution >= 4 is 0 Å². The molecule has 0 radical (unpaired) electrons.